The fourth-order valence-electron chi connectivity index (χ4n) is 2.42. The smallest absolute Gasteiger partial charge is 0.0963 e. The van der Waals surface area contributed by atoms with Crippen molar-refractivity contribution in [2.24, 2.45) is 0 Å². The van der Waals surface area contributed by atoms with Crippen molar-refractivity contribution in [3.05, 3.63) is 64.5 Å². The molecule has 2 heterocycles. The van der Waals surface area contributed by atoms with E-state index >= 15 is 0 Å². The molecule has 24 heavy (non-hydrogen) atoms. The van der Waals surface area contributed by atoms with Crippen molar-refractivity contribution in [3.8, 4) is 0 Å². The molecule has 0 saturated heterocycles. The Bertz CT molecular complexity index is 787. The molecule has 0 N–H and O–H groups in total. The van der Waals surface area contributed by atoms with Gasteiger partial charge in [0.05, 0.1) is 15.2 Å². The van der Waals surface area contributed by atoms with E-state index in [9.17, 15) is 0 Å². The first-order valence-corrected chi connectivity index (χ1v) is 10.0. The number of nitrogens with zero attached hydrogens (tertiary/aromatic N) is 1. The zero-order valence-corrected chi connectivity index (χ0v) is 16.2. The monoisotopic (exact) mass is 353 g/mol. The zero-order valence-electron chi connectivity index (χ0n) is 14.6. The van der Waals surface area contributed by atoms with Gasteiger partial charge in [0.1, 0.15) is 0 Å². The fraction of sp³-hybridized carbons (Fsp3) is 0.286. The lowest BCUT2D eigenvalue weighted by Crippen LogP contribution is -1.82. The van der Waals surface area contributed by atoms with Crippen molar-refractivity contribution >= 4 is 43.0 Å². The van der Waals surface area contributed by atoms with E-state index in [0.717, 1.165) is 5.52 Å². The van der Waals surface area contributed by atoms with Gasteiger partial charge in [-0.25, -0.2) is 4.98 Å². The Morgan fingerprint density at radius 1 is 0.750 bits per heavy atom. The van der Waals surface area contributed by atoms with Crippen LogP contribution in [0.15, 0.2) is 54.6 Å². The van der Waals surface area contributed by atoms with Crippen LogP contribution in [0, 0.1) is 0 Å². The van der Waals surface area contributed by atoms with Gasteiger partial charge in [-0.05, 0) is 35.6 Å². The molecule has 2 aromatic carbocycles. The normalized spacial score (nSPS) is 11.2. The number of para-hydroxylation sites is 1. The van der Waals surface area contributed by atoms with E-state index in [0.29, 0.717) is 11.8 Å². The van der Waals surface area contributed by atoms with Gasteiger partial charge in [0.15, 0.2) is 0 Å². The molecule has 0 saturated carbocycles. The molecule has 0 aliphatic carbocycles. The number of fused-ring (bicyclic) bond motifs is 2. The van der Waals surface area contributed by atoms with E-state index in [-0.39, 0.29) is 0 Å². The number of hydrogen-bond donors (Lipinski definition) is 0. The summed E-state index contributed by atoms with van der Waals surface area (Å²) in [6, 6.07) is 19.1. The summed E-state index contributed by atoms with van der Waals surface area (Å²) in [5.74, 6) is 1.20. The predicted octanol–water partition coefficient (Wildman–Crippen LogP) is 7.44. The summed E-state index contributed by atoms with van der Waals surface area (Å²) in [4.78, 5) is 6.01. The fourth-order valence-corrected chi connectivity index (χ4v) is 4.46. The number of hydrogen-bond acceptors (Lipinski definition) is 3. The van der Waals surface area contributed by atoms with E-state index < -0.39 is 0 Å². The second-order valence-electron chi connectivity index (χ2n) is 6.52. The van der Waals surface area contributed by atoms with Crippen LogP contribution in [0.2, 0.25) is 0 Å². The molecule has 0 radical (unpaired) electrons. The van der Waals surface area contributed by atoms with E-state index in [2.05, 4.69) is 81.2 Å². The quantitative estimate of drug-likeness (QED) is 0.365. The molecule has 3 heteroatoms. The van der Waals surface area contributed by atoms with E-state index in [1.807, 2.05) is 17.4 Å². The zero-order chi connectivity index (χ0) is 17.1. The molecule has 1 nitrogen and oxygen atoms in total. The van der Waals surface area contributed by atoms with Gasteiger partial charge in [0, 0.05) is 15.5 Å². The lowest BCUT2D eigenvalue weighted by Gasteiger charge is -1.96. The summed E-state index contributed by atoms with van der Waals surface area (Å²) in [5, 5.41) is 2.61. The van der Waals surface area contributed by atoms with Crippen molar-refractivity contribution in [3.63, 3.8) is 0 Å². The van der Waals surface area contributed by atoms with Crippen molar-refractivity contribution in [1.82, 2.24) is 4.98 Å². The summed E-state index contributed by atoms with van der Waals surface area (Å²) in [7, 11) is 0. The Labute approximate surface area is 152 Å². The minimum Gasteiger partial charge on any atom is -0.241 e. The van der Waals surface area contributed by atoms with Crippen molar-refractivity contribution in [1.29, 1.82) is 0 Å². The topological polar surface area (TPSA) is 12.9 Å². The van der Waals surface area contributed by atoms with Crippen LogP contribution in [0.1, 0.15) is 49.4 Å². The van der Waals surface area contributed by atoms with Crippen molar-refractivity contribution < 1.29 is 0 Å². The molecule has 0 aliphatic heterocycles. The first kappa shape index (κ1) is 17.1. The van der Waals surface area contributed by atoms with Crippen molar-refractivity contribution in [2.45, 2.75) is 39.5 Å². The first-order valence-electron chi connectivity index (χ1n) is 8.38. The molecule has 2 aromatic heterocycles. The number of benzene rings is 2. The third-order valence-corrected chi connectivity index (χ3v) is 6.57. The molecule has 0 bridgehead atoms. The van der Waals surface area contributed by atoms with Crippen LogP contribution in [0.5, 0.6) is 0 Å². The highest BCUT2D eigenvalue weighted by atomic mass is 32.1. The standard InChI is InChI=1S/C11H12S.C10H11NS/c1-8(2)11-7-9-5-3-4-6-10(9)12-11;1-7(2)10-11-8-5-3-4-6-9(8)12-10/h3-8H,1-2H3;3-7H,1-2H3. The van der Waals surface area contributed by atoms with Gasteiger partial charge < -0.3 is 0 Å². The Morgan fingerprint density at radius 3 is 2.04 bits per heavy atom. The summed E-state index contributed by atoms with van der Waals surface area (Å²) < 4.78 is 2.70. The molecular weight excluding hydrogens is 330 g/mol. The summed E-state index contributed by atoms with van der Waals surface area (Å²) in [6.45, 7) is 8.84. The largest absolute Gasteiger partial charge is 0.241 e. The highest BCUT2D eigenvalue weighted by Gasteiger charge is 2.05. The van der Waals surface area contributed by atoms with Crippen molar-refractivity contribution in [2.75, 3.05) is 0 Å². The Balaban J connectivity index is 0.000000141. The number of thiazole rings is 1. The van der Waals surface area contributed by atoms with Gasteiger partial charge in [0.2, 0.25) is 0 Å². The van der Waals surface area contributed by atoms with Crippen LogP contribution in [0.4, 0.5) is 0 Å². The van der Waals surface area contributed by atoms with E-state index in [4.69, 9.17) is 0 Å². The molecule has 0 fully saturated rings. The SMILES string of the molecule is CC(C)c1cc2ccccc2s1.CC(C)c1nc2ccccc2s1. The number of rotatable bonds is 2. The van der Waals surface area contributed by atoms with Crippen LogP contribution in [0.25, 0.3) is 20.3 Å². The van der Waals surface area contributed by atoms with Gasteiger partial charge in [-0.15, -0.1) is 22.7 Å². The summed E-state index contributed by atoms with van der Waals surface area (Å²) >= 11 is 3.70. The van der Waals surface area contributed by atoms with Gasteiger partial charge in [-0.2, -0.15) is 0 Å². The second kappa shape index (κ2) is 7.45. The Kier molecular flexibility index (Phi) is 5.32. The first-order chi connectivity index (χ1) is 11.5. The summed E-state index contributed by atoms with van der Waals surface area (Å²) in [6.07, 6.45) is 0. The molecular formula is C21H23NS2. The average Bonchev–Trinajstić information content (AvgIpc) is 3.19. The summed E-state index contributed by atoms with van der Waals surface area (Å²) in [5.41, 5.74) is 1.13. The average molecular weight is 354 g/mol. The minimum absolute atomic E-state index is 0.544. The maximum absolute atomic E-state index is 4.53. The predicted molar refractivity (Wildman–Crippen MR) is 110 cm³/mol. The molecule has 4 aromatic rings. The van der Waals surface area contributed by atoms with E-state index in [1.165, 1.54) is 24.7 Å². The number of thiophene rings is 1. The highest BCUT2D eigenvalue weighted by molar-refractivity contribution is 7.19. The van der Waals surface area contributed by atoms with Crippen LogP contribution >= 0.6 is 22.7 Å². The Hall–Kier alpha value is -1.71. The van der Waals surface area contributed by atoms with Gasteiger partial charge in [-0.1, -0.05) is 58.0 Å². The lowest BCUT2D eigenvalue weighted by molar-refractivity contribution is 0.857. The highest BCUT2D eigenvalue weighted by Crippen LogP contribution is 2.30. The molecule has 0 atom stereocenters. The molecule has 0 amide bonds. The van der Waals surface area contributed by atoms with Gasteiger partial charge in [-0.3, -0.25) is 0 Å². The lowest BCUT2D eigenvalue weighted by atomic mass is 10.1. The maximum atomic E-state index is 4.53. The van der Waals surface area contributed by atoms with Crippen LogP contribution in [-0.2, 0) is 0 Å². The third-order valence-electron chi connectivity index (χ3n) is 3.82. The molecule has 4 rings (SSSR count). The third kappa shape index (κ3) is 3.85. The van der Waals surface area contributed by atoms with Crippen LogP contribution in [0.3, 0.4) is 0 Å². The molecule has 0 unspecified atom stereocenters. The maximum Gasteiger partial charge on any atom is 0.0963 e. The van der Waals surface area contributed by atoms with Gasteiger partial charge in [0.25, 0.3) is 0 Å². The molecule has 0 aliphatic rings. The van der Waals surface area contributed by atoms with E-state index in [1.54, 1.807) is 11.3 Å². The molecule has 0 spiro atoms. The Morgan fingerprint density at radius 2 is 1.42 bits per heavy atom. The number of aromatic nitrogens is 1. The molecule has 124 valence electrons. The second-order valence-corrected chi connectivity index (χ2v) is 8.69. The van der Waals surface area contributed by atoms with Crippen LogP contribution in [-0.4, -0.2) is 4.98 Å². The van der Waals surface area contributed by atoms with Gasteiger partial charge >= 0.3 is 0 Å². The van der Waals surface area contributed by atoms with Crippen LogP contribution < -0.4 is 0 Å². The minimum atomic E-state index is 0.544.